The molecule has 1 aliphatic heterocycles. The number of aliphatic hydroxyl groups is 2. The van der Waals surface area contributed by atoms with Gasteiger partial charge in [-0.1, -0.05) is 18.2 Å². The Morgan fingerprint density at radius 3 is 2.65 bits per heavy atom. The molecule has 40 heavy (non-hydrogen) atoms. The predicted octanol–water partition coefficient (Wildman–Crippen LogP) is 1.68. The first-order chi connectivity index (χ1) is 18.8. The Bertz CT molecular complexity index is 1390. The molecule has 14 nitrogen and oxygen atoms in total. The predicted molar refractivity (Wildman–Crippen MR) is 148 cm³/mol. The number of esters is 1. The Balaban J connectivity index is 1.56. The number of fused-ring (bicyclic) bond motifs is 1. The first kappa shape index (κ1) is 30.1. The molecule has 0 radical (unpaired) electrons. The van der Waals surface area contributed by atoms with Gasteiger partial charge in [-0.2, -0.15) is 9.97 Å². The number of aliphatic hydroxyl groups excluding tert-OH is 1. The van der Waals surface area contributed by atoms with E-state index in [1.165, 1.54) is 24.9 Å². The van der Waals surface area contributed by atoms with Crippen molar-refractivity contribution in [2.75, 3.05) is 19.5 Å². The van der Waals surface area contributed by atoms with E-state index in [-0.39, 0.29) is 30.2 Å². The highest BCUT2D eigenvalue weighted by molar-refractivity contribution is 8.09. The summed E-state index contributed by atoms with van der Waals surface area (Å²) in [7, 11) is 1.42. The van der Waals surface area contributed by atoms with Gasteiger partial charge >= 0.3 is 12.6 Å². The van der Waals surface area contributed by atoms with Crippen LogP contribution in [-0.2, 0) is 30.6 Å². The molecule has 0 saturated carbocycles. The highest BCUT2D eigenvalue weighted by Gasteiger charge is 2.54. The Kier molecular flexibility index (Phi) is 8.95. The number of carbonyl (C=O) groups excluding carboxylic acids is 1. The fourth-order valence-corrected chi connectivity index (χ4v) is 6.52. The second-order valence-electron chi connectivity index (χ2n) is 9.65. The summed E-state index contributed by atoms with van der Waals surface area (Å²) in [5.74, 6) is -0.0432. The summed E-state index contributed by atoms with van der Waals surface area (Å²) in [4.78, 5) is 24.9. The molecule has 3 heterocycles. The maximum absolute atomic E-state index is 12.5. The highest BCUT2D eigenvalue weighted by atomic mass is 32.5. The number of benzene rings is 1. The van der Waals surface area contributed by atoms with Crippen LogP contribution in [0.3, 0.4) is 0 Å². The van der Waals surface area contributed by atoms with Gasteiger partial charge in [0, 0.05) is 0 Å². The number of methoxy groups -OCH3 is 1. The number of nitrogens with one attached hydrogen (secondary N) is 1. The maximum atomic E-state index is 12.5. The van der Waals surface area contributed by atoms with Gasteiger partial charge in [-0.05, 0) is 51.6 Å². The maximum Gasteiger partial charge on any atom is 0.323 e. The molecule has 1 aliphatic rings. The van der Waals surface area contributed by atoms with E-state index in [4.69, 9.17) is 40.8 Å². The van der Waals surface area contributed by atoms with E-state index in [9.17, 15) is 15.0 Å². The van der Waals surface area contributed by atoms with E-state index < -0.39 is 42.7 Å². The van der Waals surface area contributed by atoms with Crippen LogP contribution in [0.4, 0.5) is 5.95 Å². The molecule has 218 valence electrons. The monoisotopic (exact) mass is 596 g/mol. The van der Waals surface area contributed by atoms with Gasteiger partial charge in [-0.15, -0.1) is 0 Å². The molecule has 6 atom stereocenters. The van der Waals surface area contributed by atoms with Crippen LogP contribution in [0.15, 0.2) is 36.7 Å². The van der Waals surface area contributed by atoms with E-state index in [0.717, 1.165) is 0 Å². The number of anilines is 1. The summed E-state index contributed by atoms with van der Waals surface area (Å²) >= 11 is 5.73. The first-order valence-electron chi connectivity index (χ1n) is 12.4. The third-order valence-corrected chi connectivity index (χ3v) is 8.54. The molecule has 4 rings (SSSR count). The number of rotatable bonds is 11. The smallest absolute Gasteiger partial charge is 0.323 e. The van der Waals surface area contributed by atoms with E-state index in [2.05, 4.69) is 20.0 Å². The largest absolute Gasteiger partial charge is 0.479 e. The minimum atomic E-state index is -3.41. The lowest BCUT2D eigenvalue weighted by Gasteiger charge is -2.28. The second-order valence-corrected chi connectivity index (χ2v) is 12.8. The average molecular weight is 597 g/mol. The second kappa shape index (κ2) is 11.9. The van der Waals surface area contributed by atoms with Gasteiger partial charge in [0.05, 0.1) is 26.1 Å². The molecule has 1 aromatic carbocycles. The van der Waals surface area contributed by atoms with Crippen LogP contribution < -0.4 is 20.1 Å². The number of aromatic nitrogens is 4. The third kappa shape index (κ3) is 6.36. The zero-order chi connectivity index (χ0) is 29.2. The molecule has 3 aromatic rings. The van der Waals surface area contributed by atoms with Crippen LogP contribution in [0.2, 0.25) is 0 Å². The van der Waals surface area contributed by atoms with Crippen LogP contribution in [0, 0.1) is 0 Å². The van der Waals surface area contributed by atoms with Gasteiger partial charge in [0.15, 0.2) is 17.4 Å². The van der Waals surface area contributed by atoms with Crippen LogP contribution >= 0.6 is 6.64 Å². The van der Waals surface area contributed by atoms with Crippen LogP contribution in [-0.4, -0.2) is 79.4 Å². The van der Waals surface area contributed by atoms with E-state index in [0.29, 0.717) is 11.3 Å². The van der Waals surface area contributed by atoms with Gasteiger partial charge in [0.2, 0.25) is 11.8 Å². The topological polar surface area (TPSA) is 185 Å². The molecule has 1 saturated heterocycles. The van der Waals surface area contributed by atoms with Crippen molar-refractivity contribution in [2.45, 2.75) is 63.9 Å². The quantitative estimate of drug-likeness (QED) is 0.185. The normalized spacial score (nSPS) is 25.1. The van der Waals surface area contributed by atoms with Crippen molar-refractivity contribution in [3.8, 4) is 11.6 Å². The van der Waals surface area contributed by atoms with Crippen LogP contribution in [0.1, 0.15) is 33.9 Å². The van der Waals surface area contributed by atoms with Crippen molar-refractivity contribution >= 4 is 41.5 Å². The number of hydrogen-bond donors (Lipinski definition) is 4. The summed E-state index contributed by atoms with van der Waals surface area (Å²) in [5.41, 5.74) is 4.54. The van der Waals surface area contributed by atoms with Gasteiger partial charge in [0.25, 0.3) is 0 Å². The zero-order valence-electron chi connectivity index (χ0n) is 22.6. The number of nitrogens with two attached hydrogens (primary N) is 1. The molecule has 5 N–H and O–H groups in total. The number of nitrogens with zero attached hydrogens (tertiary/aromatic N) is 4. The van der Waals surface area contributed by atoms with Gasteiger partial charge < -0.3 is 39.2 Å². The standard InChI is InChI=1S/C24H33N6O8PS/c1-13(2)36-21(32)14(3)29-39(40,38-15-9-7-6-8-10-15)35-11-16-18(31)24(4,33)22(37-16)30-12-26-17-19(30)27-23(25)28-20(17)34-5/h6-10,12-14,16,18,22,31,33H,11H2,1-5H3,(H,29,40)(H2,25,27,28)/t14?,16-,18?,22-,24?,39?/m1/s1. The van der Waals surface area contributed by atoms with E-state index in [1.807, 2.05) is 6.07 Å². The summed E-state index contributed by atoms with van der Waals surface area (Å²) in [5, 5.41) is 25.3. The Morgan fingerprint density at radius 1 is 1.30 bits per heavy atom. The summed E-state index contributed by atoms with van der Waals surface area (Å²) in [6, 6.07) is 7.86. The molecule has 0 amide bonds. The Morgan fingerprint density at radius 2 is 2.00 bits per heavy atom. The zero-order valence-corrected chi connectivity index (χ0v) is 24.3. The summed E-state index contributed by atoms with van der Waals surface area (Å²) in [6.07, 6.45) is -2.56. The van der Waals surface area contributed by atoms with E-state index >= 15 is 0 Å². The summed E-state index contributed by atoms with van der Waals surface area (Å²) in [6.45, 7) is 2.76. The Labute approximate surface area is 236 Å². The SMILES string of the molecule is COc1nc(N)nc2c1ncn2[C@@H]1O[C@H](COP(=S)(NC(C)C(=O)OC(C)C)Oc2ccccc2)C(O)C1(C)O. The van der Waals surface area contributed by atoms with Crippen molar-refractivity contribution < 1.29 is 38.3 Å². The molecule has 0 aliphatic carbocycles. The number of ether oxygens (including phenoxy) is 3. The molecular formula is C24H33N6O8PS. The van der Waals surface area contributed by atoms with Gasteiger partial charge in [-0.25, -0.2) is 10.1 Å². The third-order valence-electron chi connectivity index (χ3n) is 6.04. The molecular weight excluding hydrogens is 563 g/mol. The van der Waals surface area contributed by atoms with Crippen molar-refractivity contribution in [1.29, 1.82) is 0 Å². The fourth-order valence-electron chi connectivity index (χ4n) is 4.10. The van der Waals surface area contributed by atoms with Crippen LogP contribution in [0.5, 0.6) is 11.6 Å². The van der Waals surface area contributed by atoms with Crippen molar-refractivity contribution in [3.05, 3.63) is 36.7 Å². The molecule has 4 unspecified atom stereocenters. The molecule has 2 aromatic heterocycles. The number of para-hydroxylation sites is 1. The van der Waals surface area contributed by atoms with Crippen molar-refractivity contribution in [1.82, 2.24) is 24.6 Å². The van der Waals surface area contributed by atoms with E-state index in [1.54, 1.807) is 45.0 Å². The molecule has 16 heteroatoms. The highest BCUT2D eigenvalue weighted by Crippen LogP contribution is 2.47. The summed E-state index contributed by atoms with van der Waals surface area (Å²) < 4.78 is 30.0. The van der Waals surface area contributed by atoms with Crippen LogP contribution in [0.25, 0.3) is 11.2 Å². The number of carbonyl (C=O) groups is 1. The lowest BCUT2D eigenvalue weighted by molar-refractivity contribution is -0.149. The number of imidazole rings is 1. The fraction of sp³-hybridized carbons (Fsp3) is 0.500. The van der Waals surface area contributed by atoms with Crippen molar-refractivity contribution in [3.63, 3.8) is 0 Å². The van der Waals surface area contributed by atoms with Gasteiger partial charge in [-0.3, -0.25) is 9.36 Å². The van der Waals surface area contributed by atoms with Crippen molar-refractivity contribution in [2.24, 2.45) is 0 Å². The first-order valence-corrected chi connectivity index (χ1v) is 15.1. The Hall–Kier alpha value is -2.91. The number of nitrogen functional groups attached to an aromatic ring is 1. The minimum Gasteiger partial charge on any atom is -0.479 e. The number of hydrogen-bond acceptors (Lipinski definition) is 13. The molecule has 1 fully saturated rings. The minimum absolute atomic E-state index is 0.0703. The molecule has 0 bridgehead atoms. The molecule has 0 spiro atoms. The average Bonchev–Trinajstić information content (AvgIpc) is 3.40. The van der Waals surface area contributed by atoms with Gasteiger partial charge in [0.1, 0.15) is 29.6 Å². The lowest BCUT2D eigenvalue weighted by Crippen LogP contribution is -2.44. The lowest BCUT2D eigenvalue weighted by atomic mass is 9.96.